The van der Waals surface area contributed by atoms with E-state index in [0.717, 1.165) is 28.8 Å². The summed E-state index contributed by atoms with van der Waals surface area (Å²) in [4.78, 5) is 2.66. The number of rotatable bonds is 4. The summed E-state index contributed by atoms with van der Waals surface area (Å²) in [5, 5.41) is 9.16. The molecule has 72 heavy (non-hydrogen) atoms. The van der Waals surface area contributed by atoms with Gasteiger partial charge in [0.1, 0.15) is 11.2 Å². The van der Waals surface area contributed by atoms with Crippen molar-refractivity contribution in [3.05, 3.63) is 162 Å². The summed E-state index contributed by atoms with van der Waals surface area (Å²) >= 11 is 0. The fraction of sp³-hybridized carbons (Fsp3) is 0.324. The Bertz CT molecular complexity index is 3900. The van der Waals surface area contributed by atoms with Crippen LogP contribution in [-0.2, 0) is 16.2 Å². The van der Waals surface area contributed by atoms with E-state index < -0.39 is 0 Å². The van der Waals surface area contributed by atoms with Crippen LogP contribution in [0.15, 0.2) is 150 Å². The highest BCUT2D eigenvalue weighted by molar-refractivity contribution is 6.90. The molecule has 0 radical (unpaired) electrons. The van der Waals surface area contributed by atoms with Gasteiger partial charge in [0.05, 0.1) is 16.8 Å². The van der Waals surface area contributed by atoms with Gasteiger partial charge in [0.2, 0.25) is 0 Å². The van der Waals surface area contributed by atoms with Gasteiger partial charge < -0.3 is 13.8 Å². The highest BCUT2D eigenvalue weighted by Gasteiger charge is 2.49. The van der Waals surface area contributed by atoms with Crippen LogP contribution in [0, 0.1) is 11.8 Å². The average Bonchev–Trinajstić information content (AvgIpc) is 3.96. The van der Waals surface area contributed by atoms with E-state index >= 15 is 0 Å². The standard InChI is InChI=1S/C68H63BN2O/c1-66(2,3)47-26-28-56(52(36-47)44-19-5-4-6-20-44)70-58-35-46-22-8-10-24-51(46)60-55-39-49(68-33-13-17-43(41-68)18-14-34-68)38-54-53-37-48(67-31-11-15-42(40-67)16-12-32-67)27-29-57(53)71(63(54)55)69(62(58)60)65-64(70)61-50-23-9-7-21-45(50)25-30-59(61)72-65/h4-10,19-30,35-39,42-43H,11-18,31-34,40-41H2,1-3H3. The molecule has 3 nitrogen and oxygen atoms in total. The summed E-state index contributed by atoms with van der Waals surface area (Å²) in [6.07, 6.45) is 19.0. The van der Waals surface area contributed by atoms with Crippen molar-refractivity contribution in [3.8, 4) is 22.3 Å². The van der Waals surface area contributed by atoms with Gasteiger partial charge in [-0.15, -0.1) is 0 Å². The van der Waals surface area contributed by atoms with Gasteiger partial charge in [0.25, 0.3) is 0 Å². The molecule has 4 saturated carbocycles. The summed E-state index contributed by atoms with van der Waals surface area (Å²) in [6.45, 7) is 6.84. The number of anilines is 3. The maximum Gasteiger partial charge on any atom is 0.376 e. The molecule has 4 aliphatic carbocycles. The van der Waals surface area contributed by atoms with Gasteiger partial charge in [0.15, 0.2) is 0 Å². The van der Waals surface area contributed by atoms with E-state index in [0.29, 0.717) is 0 Å². The van der Waals surface area contributed by atoms with E-state index in [1.165, 1.54) is 183 Å². The van der Waals surface area contributed by atoms with Crippen LogP contribution in [0.5, 0.6) is 0 Å². The third kappa shape index (κ3) is 5.81. The molecule has 4 heteroatoms. The highest BCUT2D eigenvalue weighted by Crippen LogP contribution is 2.57. The van der Waals surface area contributed by atoms with Gasteiger partial charge in [-0.25, -0.2) is 0 Å². The van der Waals surface area contributed by atoms with Crippen LogP contribution in [-0.4, -0.2) is 11.3 Å². The molecule has 354 valence electrons. The van der Waals surface area contributed by atoms with Crippen molar-refractivity contribution >= 4 is 89.4 Å². The Balaban J connectivity index is 1.07. The fourth-order valence-electron chi connectivity index (χ4n) is 16.6. The first-order valence-electron chi connectivity index (χ1n) is 27.9. The van der Waals surface area contributed by atoms with Crippen molar-refractivity contribution < 1.29 is 4.42 Å². The molecule has 2 aliphatic heterocycles. The molecule has 0 spiro atoms. The second-order valence-electron chi connectivity index (χ2n) is 24.8. The zero-order valence-electron chi connectivity index (χ0n) is 42.3. The average molecular weight is 935 g/mol. The van der Waals surface area contributed by atoms with Crippen LogP contribution in [0.1, 0.15) is 127 Å². The second-order valence-corrected chi connectivity index (χ2v) is 24.8. The highest BCUT2D eigenvalue weighted by atomic mass is 16.3. The van der Waals surface area contributed by atoms with Gasteiger partial charge in [-0.05, 0) is 170 Å². The quantitative estimate of drug-likeness (QED) is 0.164. The molecular weight excluding hydrogens is 872 g/mol. The smallest absolute Gasteiger partial charge is 0.376 e. The molecule has 4 fully saturated rings. The lowest BCUT2D eigenvalue weighted by molar-refractivity contribution is 0.149. The predicted molar refractivity (Wildman–Crippen MR) is 304 cm³/mol. The Labute approximate surface area is 424 Å². The van der Waals surface area contributed by atoms with Gasteiger partial charge in [-0.2, -0.15) is 0 Å². The van der Waals surface area contributed by atoms with Gasteiger partial charge >= 0.3 is 6.85 Å². The SMILES string of the molecule is CC(C)(C)c1ccc(N2c3cc4ccccc4c4c3B(c3oc5ccc6ccccc6c5c32)n2c3ccc(C56CCCC(CCC5)C6)cc3c3cc(C56CCCC(CCC5)C6)cc-4c32)c(-c2ccccc2)c1. The Morgan fingerprint density at radius 3 is 1.96 bits per heavy atom. The number of hydrogen-bond acceptors (Lipinski definition) is 2. The van der Waals surface area contributed by atoms with Crippen molar-refractivity contribution in [2.24, 2.45) is 11.8 Å². The fourth-order valence-corrected chi connectivity index (χ4v) is 16.6. The Hall–Kier alpha value is -6.52. The zero-order valence-corrected chi connectivity index (χ0v) is 42.3. The van der Waals surface area contributed by atoms with Crippen molar-refractivity contribution in [3.63, 3.8) is 0 Å². The molecule has 8 aromatic carbocycles. The molecule has 4 heterocycles. The number of benzene rings is 8. The van der Waals surface area contributed by atoms with Gasteiger partial charge in [0, 0.05) is 38.6 Å². The van der Waals surface area contributed by atoms with Crippen molar-refractivity contribution in [1.29, 1.82) is 0 Å². The monoisotopic (exact) mass is 935 g/mol. The largest absolute Gasteiger partial charge is 0.466 e. The van der Waals surface area contributed by atoms with Gasteiger partial charge in [-0.1, -0.05) is 169 Å². The van der Waals surface area contributed by atoms with Gasteiger partial charge in [-0.3, -0.25) is 0 Å². The van der Waals surface area contributed by atoms with Crippen LogP contribution in [0.3, 0.4) is 0 Å². The molecule has 10 aromatic rings. The molecule has 6 aliphatic rings. The maximum absolute atomic E-state index is 7.68. The normalized spacial score (nSPS) is 23.3. The lowest BCUT2D eigenvalue weighted by Crippen LogP contribution is -2.56. The predicted octanol–water partition coefficient (Wildman–Crippen LogP) is 17.5. The molecule has 0 N–H and O–H groups in total. The number of hydrogen-bond donors (Lipinski definition) is 0. The van der Waals surface area contributed by atoms with E-state index in [1.54, 1.807) is 11.1 Å². The number of furan rings is 1. The number of nitrogens with zero attached hydrogens (tertiary/aromatic N) is 2. The minimum Gasteiger partial charge on any atom is -0.466 e. The lowest BCUT2D eigenvalue weighted by atomic mass is 9.47. The van der Waals surface area contributed by atoms with Crippen molar-refractivity contribution in [1.82, 2.24) is 4.48 Å². The topological polar surface area (TPSA) is 21.3 Å². The van der Waals surface area contributed by atoms with E-state index in [-0.39, 0.29) is 23.1 Å². The van der Waals surface area contributed by atoms with Crippen LogP contribution >= 0.6 is 0 Å². The van der Waals surface area contributed by atoms with E-state index in [2.05, 4.69) is 176 Å². The van der Waals surface area contributed by atoms with Crippen LogP contribution in [0.25, 0.3) is 76.6 Å². The second kappa shape index (κ2) is 15.0. The summed E-state index contributed by atoms with van der Waals surface area (Å²) in [7, 11) is 0. The summed E-state index contributed by atoms with van der Waals surface area (Å²) in [5.41, 5.74) is 19.9. The maximum atomic E-state index is 7.68. The minimum absolute atomic E-state index is 0.0332. The summed E-state index contributed by atoms with van der Waals surface area (Å²) < 4.78 is 10.5. The number of fused-ring (bicyclic) bond motifs is 17. The third-order valence-electron chi connectivity index (χ3n) is 19.9. The Morgan fingerprint density at radius 1 is 0.556 bits per heavy atom. The first-order chi connectivity index (χ1) is 35.2. The minimum atomic E-state index is -0.186. The lowest BCUT2D eigenvalue weighted by Gasteiger charge is -2.46. The summed E-state index contributed by atoms with van der Waals surface area (Å²) in [5.74, 6) is 1.71. The number of aromatic nitrogens is 1. The van der Waals surface area contributed by atoms with Crippen LogP contribution in [0.4, 0.5) is 17.1 Å². The van der Waals surface area contributed by atoms with Crippen LogP contribution < -0.4 is 16.0 Å². The van der Waals surface area contributed by atoms with E-state index in [9.17, 15) is 0 Å². The molecular formula is C68H63BN2O. The van der Waals surface area contributed by atoms with Crippen LogP contribution in [0.2, 0.25) is 0 Å². The molecule has 2 aromatic heterocycles. The summed E-state index contributed by atoms with van der Waals surface area (Å²) in [6, 6.07) is 57.2. The Kier molecular flexibility index (Phi) is 8.78. The van der Waals surface area contributed by atoms with Crippen molar-refractivity contribution in [2.75, 3.05) is 4.90 Å². The zero-order chi connectivity index (χ0) is 47.7. The van der Waals surface area contributed by atoms with E-state index in [1.807, 2.05) is 0 Å². The first-order valence-corrected chi connectivity index (χ1v) is 27.9. The molecule has 0 saturated heterocycles. The molecule has 16 rings (SSSR count). The Morgan fingerprint density at radius 2 is 1.22 bits per heavy atom. The molecule has 4 bridgehead atoms. The molecule has 0 atom stereocenters. The van der Waals surface area contributed by atoms with Crippen molar-refractivity contribution in [2.45, 2.75) is 127 Å². The molecule has 0 unspecified atom stereocenters. The van der Waals surface area contributed by atoms with E-state index in [4.69, 9.17) is 4.42 Å². The first kappa shape index (κ1) is 42.0. The molecule has 0 amide bonds. The third-order valence-corrected chi connectivity index (χ3v) is 19.9.